The van der Waals surface area contributed by atoms with Crippen molar-refractivity contribution >= 4 is 35.3 Å². The van der Waals surface area contributed by atoms with Crippen molar-refractivity contribution in [2.24, 2.45) is 5.92 Å². The normalized spacial score (nSPS) is 12.6. The number of esters is 1. The van der Waals surface area contributed by atoms with Crippen LogP contribution in [0.15, 0.2) is 54.6 Å². The van der Waals surface area contributed by atoms with Crippen molar-refractivity contribution < 1.29 is 33.4 Å². The van der Waals surface area contributed by atoms with Crippen LogP contribution in [0.5, 0.6) is 0 Å². The third-order valence-corrected chi connectivity index (χ3v) is 5.52. The molecule has 2 aromatic rings. The quantitative estimate of drug-likeness (QED) is 0.262. The van der Waals surface area contributed by atoms with E-state index in [1.165, 1.54) is 6.92 Å². The molecule has 10 nitrogen and oxygen atoms in total. The van der Waals surface area contributed by atoms with E-state index in [4.69, 9.17) is 9.47 Å². The predicted octanol–water partition coefficient (Wildman–Crippen LogP) is 4.39. The Hall–Kier alpha value is -4.21. The van der Waals surface area contributed by atoms with E-state index in [0.29, 0.717) is 17.7 Å². The number of hydrogen-bond donors (Lipinski definition) is 3. The van der Waals surface area contributed by atoms with E-state index >= 15 is 0 Å². The molecule has 0 unspecified atom stereocenters. The molecule has 0 aromatic heterocycles. The number of benzene rings is 2. The van der Waals surface area contributed by atoms with Crippen LogP contribution in [0.1, 0.15) is 70.3 Å². The summed E-state index contributed by atoms with van der Waals surface area (Å²) in [7, 11) is 0. The van der Waals surface area contributed by atoms with Crippen molar-refractivity contribution in [3.63, 3.8) is 0 Å². The maximum Gasteiger partial charge on any atom is 0.408 e. The predicted molar refractivity (Wildman–Crippen MR) is 150 cm³/mol. The molecule has 3 N–H and O–H groups in total. The lowest BCUT2D eigenvalue weighted by atomic mass is 10.0. The first-order valence-electron chi connectivity index (χ1n) is 13.1. The number of Topliss-reactive ketones (excluding diaryl/α,β-unsaturated/α-hetero) is 1. The molecule has 2 rings (SSSR count). The molecular weight excluding hydrogens is 514 g/mol. The van der Waals surface area contributed by atoms with Crippen LogP contribution in [0, 0.1) is 5.92 Å². The zero-order valence-corrected chi connectivity index (χ0v) is 23.9. The van der Waals surface area contributed by atoms with Crippen LogP contribution in [0.25, 0.3) is 0 Å². The minimum Gasteiger partial charge on any atom is -0.461 e. The van der Waals surface area contributed by atoms with Gasteiger partial charge in [0.15, 0.2) is 5.78 Å². The van der Waals surface area contributed by atoms with Crippen LogP contribution in [0.4, 0.5) is 10.5 Å². The lowest BCUT2D eigenvalue weighted by Gasteiger charge is -2.25. The first kappa shape index (κ1) is 32.0. The summed E-state index contributed by atoms with van der Waals surface area (Å²) in [5.74, 6) is -2.01. The van der Waals surface area contributed by atoms with Gasteiger partial charge in [0.2, 0.25) is 11.8 Å². The number of ketones is 1. The highest BCUT2D eigenvalue weighted by Crippen LogP contribution is 2.14. The van der Waals surface area contributed by atoms with Gasteiger partial charge in [-0.3, -0.25) is 19.2 Å². The molecule has 10 heteroatoms. The molecule has 0 saturated heterocycles. The molecule has 0 saturated carbocycles. The van der Waals surface area contributed by atoms with E-state index < -0.39 is 48.0 Å². The molecule has 0 heterocycles. The van der Waals surface area contributed by atoms with Gasteiger partial charge in [0.25, 0.3) is 0 Å². The number of carbonyl (C=O) groups is 5. The van der Waals surface area contributed by atoms with Gasteiger partial charge < -0.3 is 25.4 Å². The first-order valence-corrected chi connectivity index (χ1v) is 13.1. The summed E-state index contributed by atoms with van der Waals surface area (Å²) in [6.07, 6.45) is -1.07. The minimum atomic E-state index is -1.35. The summed E-state index contributed by atoms with van der Waals surface area (Å²) < 4.78 is 10.6. The Balaban J connectivity index is 2.15. The van der Waals surface area contributed by atoms with Crippen molar-refractivity contribution in [3.05, 3.63) is 65.7 Å². The lowest BCUT2D eigenvalue weighted by molar-refractivity contribution is -0.147. The highest BCUT2D eigenvalue weighted by molar-refractivity contribution is 5.99. The molecule has 0 aliphatic carbocycles. The van der Waals surface area contributed by atoms with E-state index in [1.807, 2.05) is 19.9 Å². The van der Waals surface area contributed by atoms with E-state index in [0.717, 1.165) is 5.56 Å². The van der Waals surface area contributed by atoms with Crippen LogP contribution < -0.4 is 16.0 Å². The van der Waals surface area contributed by atoms with Gasteiger partial charge in [-0.05, 0) is 69.9 Å². The van der Waals surface area contributed by atoms with Crippen molar-refractivity contribution in [2.75, 3.05) is 5.32 Å². The minimum absolute atomic E-state index is 0.00124. The molecule has 0 aliphatic rings. The summed E-state index contributed by atoms with van der Waals surface area (Å²) in [6.45, 7) is 10.2. The fourth-order valence-electron chi connectivity index (χ4n) is 3.62. The maximum atomic E-state index is 13.3. The lowest BCUT2D eigenvalue weighted by Crippen LogP contribution is -2.54. The Morgan fingerprint density at radius 1 is 0.825 bits per heavy atom. The van der Waals surface area contributed by atoms with Crippen molar-refractivity contribution in [1.82, 2.24) is 10.6 Å². The van der Waals surface area contributed by atoms with Crippen LogP contribution in [0.2, 0.25) is 0 Å². The largest absolute Gasteiger partial charge is 0.461 e. The van der Waals surface area contributed by atoms with Gasteiger partial charge >= 0.3 is 12.1 Å². The van der Waals surface area contributed by atoms with Crippen molar-refractivity contribution in [1.29, 1.82) is 0 Å². The van der Waals surface area contributed by atoms with Gasteiger partial charge in [0.05, 0.1) is 6.42 Å². The number of hydrogen-bond acceptors (Lipinski definition) is 7. The van der Waals surface area contributed by atoms with Crippen LogP contribution >= 0.6 is 0 Å². The second kappa shape index (κ2) is 14.8. The molecule has 0 spiro atoms. The van der Waals surface area contributed by atoms with E-state index in [-0.39, 0.29) is 18.3 Å². The molecule has 216 valence electrons. The fraction of sp³-hybridized carbons (Fsp3) is 0.433. The third-order valence-electron chi connectivity index (χ3n) is 5.52. The van der Waals surface area contributed by atoms with Gasteiger partial charge in [-0.2, -0.15) is 0 Å². The molecular formula is C30H39N3O7. The number of alkyl carbamates (subject to hydrolysis) is 1. The van der Waals surface area contributed by atoms with Crippen molar-refractivity contribution in [3.8, 4) is 0 Å². The Kier molecular flexibility index (Phi) is 11.8. The zero-order valence-electron chi connectivity index (χ0n) is 23.9. The highest BCUT2D eigenvalue weighted by Gasteiger charge is 2.31. The van der Waals surface area contributed by atoms with E-state index in [2.05, 4.69) is 16.0 Å². The maximum absolute atomic E-state index is 13.3. The second-order valence-electron chi connectivity index (χ2n) is 10.9. The molecule has 0 aliphatic heterocycles. The molecule has 0 bridgehead atoms. The monoisotopic (exact) mass is 553 g/mol. The highest BCUT2D eigenvalue weighted by atomic mass is 16.6. The molecule has 0 radical (unpaired) electrons. The number of nitrogens with one attached hydrogen (secondary N) is 3. The van der Waals surface area contributed by atoms with Gasteiger partial charge in [0.1, 0.15) is 24.3 Å². The number of ether oxygens (including phenoxy) is 2. The van der Waals surface area contributed by atoms with E-state index in [1.54, 1.807) is 69.3 Å². The number of carbonyl (C=O) groups excluding carboxylic acids is 5. The van der Waals surface area contributed by atoms with Gasteiger partial charge in [-0.1, -0.05) is 44.2 Å². The van der Waals surface area contributed by atoms with E-state index in [9.17, 15) is 24.0 Å². The standard InChI is InChI=1S/C30H39N3O7/c1-19(2)16-24(27(36)31-23-14-12-22(13-15-23)20(3)34)32-28(37)25(33-29(38)40-30(4,5)6)17-26(35)39-18-21-10-8-7-9-11-21/h7-15,19,24-25H,16-18H2,1-6H3,(H,31,36)(H,32,37)(H,33,38)/t24-,25+/m0/s1. The van der Waals surface area contributed by atoms with Gasteiger partial charge in [-0.25, -0.2) is 4.79 Å². The van der Waals surface area contributed by atoms with Gasteiger partial charge in [0, 0.05) is 11.3 Å². The topological polar surface area (TPSA) is 140 Å². The average Bonchev–Trinajstić information content (AvgIpc) is 2.86. The zero-order chi connectivity index (χ0) is 29.9. The summed E-state index contributed by atoms with van der Waals surface area (Å²) >= 11 is 0. The first-order chi connectivity index (χ1) is 18.7. The number of amides is 3. The van der Waals surface area contributed by atoms with Crippen molar-refractivity contribution in [2.45, 2.75) is 78.7 Å². The number of rotatable bonds is 12. The Morgan fingerprint density at radius 3 is 2.00 bits per heavy atom. The molecule has 40 heavy (non-hydrogen) atoms. The third kappa shape index (κ3) is 11.7. The summed E-state index contributed by atoms with van der Waals surface area (Å²) in [5, 5.41) is 7.83. The van der Waals surface area contributed by atoms with Crippen LogP contribution in [-0.4, -0.2) is 47.3 Å². The Labute approximate surface area is 235 Å². The molecule has 0 fully saturated rings. The second-order valence-corrected chi connectivity index (χ2v) is 10.9. The Bertz CT molecular complexity index is 1170. The SMILES string of the molecule is CC(=O)c1ccc(NC(=O)[C@H](CC(C)C)NC(=O)[C@@H](CC(=O)OCc2ccccc2)NC(=O)OC(C)(C)C)cc1. The number of anilines is 1. The van der Waals surface area contributed by atoms with Gasteiger partial charge in [-0.15, -0.1) is 0 Å². The average molecular weight is 554 g/mol. The molecule has 3 amide bonds. The fourth-order valence-corrected chi connectivity index (χ4v) is 3.62. The van der Waals surface area contributed by atoms with Crippen LogP contribution in [-0.2, 0) is 30.5 Å². The smallest absolute Gasteiger partial charge is 0.408 e. The Morgan fingerprint density at radius 2 is 1.45 bits per heavy atom. The molecule has 2 atom stereocenters. The summed E-state index contributed by atoms with van der Waals surface area (Å²) in [4.78, 5) is 63.1. The summed E-state index contributed by atoms with van der Waals surface area (Å²) in [6, 6.07) is 13.1. The molecule has 2 aromatic carbocycles. The summed E-state index contributed by atoms with van der Waals surface area (Å²) in [5.41, 5.74) is 0.879. The van der Waals surface area contributed by atoms with Crippen LogP contribution in [0.3, 0.4) is 0 Å².